The van der Waals surface area contributed by atoms with Crippen LogP contribution in [0.3, 0.4) is 0 Å². The van der Waals surface area contributed by atoms with Crippen LogP contribution < -0.4 is 10.2 Å². The molecule has 3 aromatic rings. The van der Waals surface area contributed by atoms with Crippen molar-refractivity contribution in [2.24, 2.45) is 5.92 Å². The van der Waals surface area contributed by atoms with Crippen molar-refractivity contribution in [3.05, 3.63) is 95.6 Å². The Morgan fingerprint density at radius 2 is 1.79 bits per heavy atom. The van der Waals surface area contributed by atoms with Crippen LogP contribution in [0.15, 0.2) is 83.1 Å². The number of allylic oxidation sites excluding steroid dienone is 1. The van der Waals surface area contributed by atoms with Gasteiger partial charge >= 0.3 is 0 Å². The van der Waals surface area contributed by atoms with Gasteiger partial charge in [-0.05, 0) is 35.9 Å². The van der Waals surface area contributed by atoms with Gasteiger partial charge in [0.05, 0.1) is 29.6 Å². The first-order valence-corrected chi connectivity index (χ1v) is 9.79. The smallest absolute Gasteiger partial charge is 0.259 e. The number of hydrogen-bond donors (Lipinski definition) is 1. The van der Waals surface area contributed by atoms with Gasteiger partial charge in [-0.25, -0.2) is 0 Å². The Hall–Kier alpha value is -3.60. The number of carbonyl (C=O) groups excluding carboxylic acids is 2. The van der Waals surface area contributed by atoms with E-state index in [0.717, 1.165) is 28.4 Å². The molecule has 3 atom stereocenters. The highest BCUT2D eigenvalue weighted by Crippen LogP contribution is 2.51. The maximum atomic E-state index is 13.4. The van der Waals surface area contributed by atoms with E-state index < -0.39 is 5.92 Å². The fraction of sp³-hybridized carbons (Fsp3) is 0.167. The normalized spacial score (nSPS) is 24.6. The van der Waals surface area contributed by atoms with Crippen molar-refractivity contribution < 1.29 is 14.0 Å². The molecule has 29 heavy (non-hydrogen) atoms. The molecule has 3 heterocycles. The maximum Gasteiger partial charge on any atom is 0.259 e. The Balaban J connectivity index is 1.58. The summed E-state index contributed by atoms with van der Waals surface area (Å²) < 4.78 is 5.57. The summed E-state index contributed by atoms with van der Waals surface area (Å²) in [6.45, 7) is 0. The van der Waals surface area contributed by atoms with Crippen molar-refractivity contribution in [3.63, 3.8) is 0 Å². The van der Waals surface area contributed by atoms with Gasteiger partial charge in [-0.3, -0.25) is 14.5 Å². The molecule has 0 saturated heterocycles. The lowest BCUT2D eigenvalue weighted by Crippen LogP contribution is -2.37. The van der Waals surface area contributed by atoms with Crippen LogP contribution in [-0.2, 0) is 4.79 Å². The summed E-state index contributed by atoms with van der Waals surface area (Å²) in [6, 6.07) is 18.8. The van der Waals surface area contributed by atoms with E-state index in [1.807, 2.05) is 60.7 Å². The van der Waals surface area contributed by atoms with E-state index in [1.165, 1.54) is 0 Å². The summed E-state index contributed by atoms with van der Waals surface area (Å²) in [7, 11) is 0. The zero-order valence-corrected chi connectivity index (χ0v) is 15.5. The first-order valence-electron chi connectivity index (χ1n) is 9.79. The predicted molar refractivity (Wildman–Crippen MR) is 109 cm³/mol. The minimum Gasteiger partial charge on any atom is -0.469 e. The van der Waals surface area contributed by atoms with Crippen molar-refractivity contribution in [2.75, 3.05) is 10.2 Å². The summed E-state index contributed by atoms with van der Waals surface area (Å²) in [5, 5.41) is 3.47. The number of amides is 1. The Bertz CT molecular complexity index is 1180. The number of fused-ring (bicyclic) bond motifs is 7. The van der Waals surface area contributed by atoms with Crippen LogP contribution in [-0.4, -0.2) is 11.7 Å². The van der Waals surface area contributed by atoms with Crippen LogP contribution >= 0.6 is 0 Å². The number of benzene rings is 2. The first-order chi connectivity index (χ1) is 14.2. The molecule has 5 nitrogen and oxygen atoms in total. The lowest BCUT2D eigenvalue weighted by atomic mass is 9.78. The van der Waals surface area contributed by atoms with Crippen molar-refractivity contribution >= 4 is 23.1 Å². The van der Waals surface area contributed by atoms with E-state index in [9.17, 15) is 9.59 Å². The number of nitrogens with one attached hydrogen (secondary N) is 1. The van der Waals surface area contributed by atoms with E-state index in [-0.39, 0.29) is 23.7 Å². The van der Waals surface area contributed by atoms with Crippen LogP contribution in [0.1, 0.15) is 40.1 Å². The molecule has 0 bridgehead atoms. The van der Waals surface area contributed by atoms with Crippen molar-refractivity contribution in [2.45, 2.75) is 18.4 Å². The number of Topliss-reactive ketones (excluding diaryl/α,β-unsaturated/α-hetero) is 1. The van der Waals surface area contributed by atoms with Gasteiger partial charge < -0.3 is 9.73 Å². The van der Waals surface area contributed by atoms with Gasteiger partial charge in [0.15, 0.2) is 0 Å². The quantitative estimate of drug-likeness (QED) is 0.665. The summed E-state index contributed by atoms with van der Waals surface area (Å²) in [6.07, 6.45) is 4.09. The SMILES string of the molecule is O=C1CC(c2ccco2)C=C2Nc3ccccc3N3C(=O)c4ccccc4C3C12. The average molecular weight is 382 g/mol. The molecule has 0 fully saturated rings. The molecular weight excluding hydrogens is 364 g/mol. The van der Waals surface area contributed by atoms with E-state index >= 15 is 0 Å². The molecule has 0 spiro atoms. The lowest BCUT2D eigenvalue weighted by molar-refractivity contribution is -0.123. The number of carbonyl (C=O) groups is 2. The van der Waals surface area contributed by atoms with Crippen LogP contribution in [0.25, 0.3) is 0 Å². The third-order valence-electron chi connectivity index (χ3n) is 6.16. The molecule has 1 aromatic heterocycles. The third kappa shape index (κ3) is 2.27. The maximum absolute atomic E-state index is 13.4. The van der Waals surface area contributed by atoms with Crippen LogP contribution in [0.4, 0.5) is 11.4 Å². The monoisotopic (exact) mass is 382 g/mol. The summed E-state index contributed by atoms with van der Waals surface area (Å²) in [5.74, 6) is 0.303. The molecule has 1 amide bonds. The molecular formula is C24H18N2O3. The molecule has 1 aliphatic carbocycles. The Morgan fingerprint density at radius 3 is 2.66 bits per heavy atom. The summed E-state index contributed by atoms with van der Waals surface area (Å²) in [5.41, 5.74) is 4.06. The predicted octanol–water partition coefficient (Wildman–Crippen LogP) is 4.66. The van der Waals surface area contributed by atoms with Gasteiger partial charge in [0.1, 0.15) is 11.5 Å². The van der Waals surface area contributed by atoms with Crippen molar-refractivity contribution in [1.29, 1.82) is 0 Å². The van der Waals surface area contributed by atoms with Crippen LogP contribution in [0.5, 0.6) is 0 Å². The molecule has 1 N–H and O–H groups in total. The first kappa shape index (κ1) is 16.4. The molecule has 6 rings (SSSR count). The molecule has 0 radical (unpaired) electrons. The fourth-order valence-electron chi connectivity index (χ4n) is 4.92. The number of hydrogen-bond acceptors (Lipinski definition) is 4. The Morgan fingerprint density at radius 1 is 0.966 bits per heavy atom. The van der Waals surface area contributed by atoms with E-state index in [2.05, 4.69) is 11.4 Å². The van der Waals surface area contributed by atoms with Gasteiger partial charge in [0.25, 0.3) is 5.91 Å². The highest BCUT2D eigenvalue weighted by Gasteiger charge is 2.49. The minimum atomic E-state index is -0.429. The second kappa shape index (κ2) is 5.95. The van der Waals surface area contributed by atoms with Crippen molar-refractivity contribution in [3.8, 4) is 0 Å². The molecule has 142 valence electrons. The lowest BCUT2D eigenvalue weighted by Gasteiger charge is -2.33. The average Bonchev–Trinajstić information content (AvgIpc) is 3.33. The molecule has 3 unspecified atom stereocenters. The minimum absolute atomic E-state index is 0.0536. The second-order valence-corrected chi connectivity index (χ2v) is 7.74. The number of rotatable bonds is 1. The van der Waals surface area contributed by atoms with Gasteiger partial charge in [-0.2, -0.15) is 0 Å². The number of anilines is 2. The van der Waals surface area contributed by atoms with Gasteiger partial charge in [-0.1, -0.05) is 36.4 Å². The number of furan rings is 1. The van der Waals surface area contributed by atoms with Crippen LogP contribution in [0, 0.1) is 5.92 Å². The van der Waals surface area contributed by atoms with E-state index in [1.54, 1.807) is 11.2 Å². The largest absolute Gasteiger partial charge is 0.469 e. The van der Waals surface area contributed by atoms with E-state index in [4.69, 9.17) is 4.42 Å². The van der Waals surface area contributed by atoms with Gasteiger partial charge in [-0.15, -0.1) is 0 Å². The zero-order chi connectivity index (χ0) is 19.5. The van der Waals surface area contributed by atoms with Gasteiger partial charge in [0, 0.05) is 23.6 Å². The number of nitrogens with zero attached hydrogens (tertiary/aromatic N) is 1. The van der Waals surface area contributed by atoms with Crippen LogP contribution in [0.2, 0.25) is 0 Å². The molecule has 0 saturated carbocycles. The second-order valence-electron chi connectivity index (χ2n) is 7.74. The number of ketones is 1. The zero-order valence-electron chi connectivity index (χ0n) is 15.5. The highest BCUT2D eigenvalue weighted by atomic mass is 16.3. The topological polar surface area (TPSA) is 62.6 Å². The van der Waals surface area contributed by atoms with Crippen molar-refractivity contribution in [1.82, 2.24) is 0 Å². The van der Waals surface area contributed by atoms with Gasteiger partial charge in [0.2, 0.25) is 0 Å². The third-order valence-corrected chi connectivity index (χ3v) is 6.16. The molecule has 2 aromatic carbocycles. The summed E-state index contributed by atoms with van der Waals surface area (Å²) >= 11 is 0. The molecule has 2 aliphatic heterocycles. The Labute approximate surface area is 167 Å². The van der Waals surface area contributed by atoms with E-state index in [0.29, 0.717) is 12.0 Å². The highest BCUT2D eigenvalue weighted by molar-refractivity contribution is 6.14. The Kier molecular flexibility index (Phi) is 3.36. The number of para-hydroxylation sites is 2. The summed E-state index contributed by atoms with van der Waals surface area (Å²) in [4.78, 5) is 28.6. The molecule has 3 aliphatic rings. The standard InChI is InChI=1S/C24H18N2O3/c27-20-13-14(21-10-5-11-29-21)12-18-22(20)23-15-6-1-2-7-16(15)24(28)26(23)19-9-4-3-8-17(19)25-18/h1-12,14,22-23,25H,13H2. The molecule has 5 heteroatoms. The fourth-order valence-corrected chi connectivity index (χ4v) is 4.92.